The normalized spacial score (nSPS) is 10.1. The molecule has 0 radical (unpaired) electrons. The van der Waals surface area contributed by atoms with Crippen molar-refractivity contribution in [3.8, 4) is 6.07 Å². The molecule has 3 nitrogen and oxygen atoms in total. The van der Waals surface area contributed by atoms with Gasteiger partial charge in [-0.3, -0.25) is 4.79 Å². The molecule has 0 spiro atoms. The third kappa shape index (κ3) is 3.28. The Balaban J connectivity index is 2.83. The minimum atomic E-state index is -0.349. The minimum Gasteiger partial charge on any atom is -0.369 e. The van der Waals surface area contributed by atoms with E-state index in [1.165, 1.54) is 0 Å². The first-order valence-electron chi connectivity index (χ1n) is 4.59. The summed E-state index contributed by atoms with van der Waals surface area (Å²) in [7, 11) is 0. The molecular formula is C12H12N2O. The lowest BCUT2D eigenvalue weighted by molar-refractivity contribution is -0.117. The van der Waals surface area contributed by atoms with Crippen LogP contribution in [-0.4, -0.2) is 5.91 Å². The van der Waals surface area contributed by atoms with Gasteiger partial charge in [0.05, 0.1) is 11.6 Å². The third-order valence-electron chi connectivity index (χ3n) is 2.02. The van der Waals surface area contributed by atoms with E-state index in [9.17, 15) is 4.79 Å². The third-order valence-corrected chi connectivity index (χ3v) is 2.02. The van der Waals surface area contributed by atoms with Crippen molar-refractivity contribution in [2.24, 2.45) is 5.73 Å². The summed E-state index contributed by atoms with van der Waals surface area (Å²) in [6.07, 6.45) is 3.79. The Bertz CT molecular complexity index is 441. The van der Waals surface area contributed by atoms with Gasteiger partial charge in [-0.15, -0.1) is 0 Å². The number of carbonyl (C=O) groups is 1. The lowest BCUT2D eigenvalue weighted by Gasteiger charge is -1.99. The summed E-state index contributed by atoms with van der Waals surface area (Å²) < 4.78 is 0. The van der Waals surface area contributed by atoms with Gasteiger partial charge in [0.2, 0.25) is 5.91 Å². The molecule has 0 atom stereocenters. The summed E-state index contributed by atoms with van der Waals surface area (Å²) in [5, 5.41) is 8.67. The number of primary amides is 1. The van der Waals surface area contributed by atoms with Crippen LogP contribution in [0.4, 0.5) is 0 Å². The smallest absolute Gasteiger partial charge is 0.221 e. The first kappa shape index (κ1) is 11.0. The highest BCUT2D eigenvalue weighted by Gasteiger charge is 1.96. The van der Waals surface area contributed by atoms with Gasteiger partial charge in [-0.05, 0) is 30.2 Å². The minimum absolute atomic E-state index is 0.236. The fourth-order valence-corrected chi connectivity index (χ4v) is 1.23. The number of rotatable bonds is 3. The maximum Gasteiger partial charge on any atom is 0.221 e. The van der Waals surface area contributed by atoms with Crippen LogP contribution in [0, 0.1) is 18.3 Å². The molecule has 0 aliphatic heterocycles. The van der Waals surface area contributed by atoms with Crippen LogP contribution < -0.4 is 5.73 Å². The van der Waals surface area contributed by atoms with Crippen molar-refractivity contribution in [1.29, 1.82) is 5.26 Å². The quantitative estimate of drug-likeness (QED) is 0.807. The average Bonchev–Trinajstić information content (AvgIpc) is 2.20. The van der Waals surface area contributed by atoms with Gasteiger partial charge in [0.25, 0.3) is 0 Å². The molecule has 2 N–H and O–H groups in total. The Morgan fingerprint density at radius 3 is 2.87 bits per heavy atom. The molecule has 0 aliphatic carbocycles. The highest BCUT2D eigenvalue weighted by Crippen LogP contribution is 2.12. The molecule has 1 aromatic rings. The van der Waals surface area contributed by atoms with E-state index in [1.54, 1.807) is 12.1 Å². The molecule has 1 rings (SSSR count). The van der Waals surface area contributed by atoms with E-state index in [2.05, 4.69) is 6.07 Å². The first-order valence-corrected chi connectivity index (χ1v) is 4.59. The van der Waals surface area contributed by atoms with Gasteiger partial charge in [0, 0.05) is 6.42 Å². The second kappa shape index (κ2) is 4.97. The van der Waals surface area contributed by atoms with Gasteiger partial charge in [-0.1, -0.05) is 18.2 Å². The molecule has 0 aliphatic rings. The van der Waals surface area contributed by atoms with Gasteiger partial charge in [0.15, 0.2) is 0 Å². The zero-order chi connectivity index (χ0) is 11.3. The summed E-state index contributed by atoms with van der Waals surface area (Å²) >= 11 is 0. The molecule has 0 bridgehead atoms. The predicted octanol–water partition coefficient (Wildman–Crippen LogP) is 1.76. The first-order chi connectivity index (χ1) is 7.13. The molecular weight excluding hydrogens is 188 g/mol. The van der Waals surface area contributed by atoms with Crippen LogP contribution in [0.25, 0.3) is 6.08 Å². The van der Waals surface area contributed by atoms with Crippen molar-refractivity contribution < 1.29 is 4.79 Å². The van der Waals surface area contributed by atoms with E-state index in [-0.39, 0.29) is 12.3 Å². The number of nitriles is 1. The zero-order valence-electron chi connectivity index (χ0n) is 8.53. The van der Waals surface area contributed by atoms with Crippen LogP contribution in [0.2, 0.25) is 0 Å². The van der Waals surface area contributed by atoms with E-state index < -0.39 is 0 Å². The predicted molar refractivity (Wildman–Crippen MR) is 58.7 cm³/mol. The van der Waals surface area contributed by atoms with Crippen LogP contribution in [-0.2, 0) is 4.79 Å². The Morgan fingerprint density at radius 2 is 2.33 bits per heavy atom. The fraction of sp³-hybridized carbons (Fsp3) is 0.167. The van der Waals surface area contributed by atoms with Gasteiger partial charge >= 0.3 is 0 Å². The van der Waals surface area contributed by atoms with Gasteiger partial charge in [-0.2, -0.15) is 5.26 Å². The Morgan fingerprint density at radius 1 is 1.60 bits per heavy atom. The molecule has 0 fully saturated rings. The van der Waals surface area contributed by atoms with Crippen LogP contribution in [0.5, 0.6) is 0 Å². The summed E-state index contributed by atoms with van der Waals surface area (Å²) in [5.41, 5.74) is 7.65. The van der Waals surface area contributed by atoms with Crippen molar-refractivity contribution in [3.63, 3.8) is 0 Å². The van der Waals surface area contributed by atoms with Crippen molar-refractivity contribution in [1.82, 2.24) is 0 Å². The molecule has 0 unspecified atom stereocenters. The summed E-state index contributed by atoms with van der Waals surface area (Å²) in [5.74, 6) is -0.349. The molecule has 0 aromatic heterocycles. The topological polar surface area (TPSA) is 66.9 Å². The average molecular weight is 200 g/mol. The number of benzene rings is 1. The Labute approximate surface area is 88.8 Å². The van der Waals surface area contributed by atoms with Gasteiger partial charge in [-0.25, -0.2) is 0 Å². The van der Waals surface area contributed by atoms with E-state index in [0.29, 0.717) is 5.56 Å². The SMILES string of the molecule is Cc1cc(C#N)ccc1C=CCC(N)=O. The molecule has 1 amide bonds. The maximum atomic E-state index is 10.5. The lowest BCUT2D eigenvalue weighted by atomic mass is 10.1. The molecule has 1 aromatic carbocycles. The maximum absolute atomic E-state index is 10.5. The van der Waals surface area contributed by atoms with Crippen molar-refractivity contribution in [3.05, 3.63) is 41.0 Å². The molecule has 0 saturated heterocycles. The fourth-order valence-electron chi connectivity index (χ4n) is 1.23. The number of hydrogen-bond acceptors (Lipinski definition) is 2. The monoisotopic (exact) mass is 200 g/mol. The summed E-state index contributed by atoms with van der Waals surface area (Å²) in [6.45, 7) is 1.92. The molecule has 0 saturated carbocycles. The van der Waals surface area contributed by atoms with Crippen molar-refractivity contribution in [2.75, 3.05) is 0 Å². The summed E-state index contributed by atoms with van der Waals surface area (Å²) in [6, 6.07) is 7.48. The second-order valence-corrected chi connectivity index (χ2v) is 3.26. The Kier molecular flexibility index (Phi) is 3.64. The summed E-state index contributed by atoms with van der Waals surface area (Å²) in [4.78, 5) is 10.5. The number of hydrogen-bond donors (Lipinski definition) is 1. The van der Waals surface area contributed by atoms with Crippen LogP contribution in [0.1, 0.15) is 23.1 Å². The van der Waals surface area contributed by atoms with Crippen molar-refractivity contribution in [2.45, 2.75) is 13.3 Å². The van der Waals surface area contributed by atoms with Crippen molar-refractivity contribution >= 4 is 12.0 Å². The van der Waals surface area contributed by atoms with Gasteiger partial charge in [0.1, 0.15) is 0 Å². The Hall–Kier alpha value is -2.08. The standard InChI is InChI=1S/C12H12N2O/c1-9-7-10(8-13)5-6-11(9)3-2-4-12(14)15/h2-3,5-7H,4H2,1H3,(H2,14,15). The van der Waals surface area contributed by atoms with E-state index in [4.69, 9.17) is 11.0 Å². The van der Waals surface area contributed by atoms with E-state index >= 15 is 0 Å². The lowest BCUT2D eigenvalue weighted by Crippen LogP contribution is -2.07. The molecule has 15 heavy (non-hydrogen) atoms. The number of aryl methyl sites for hydroxylation is 1. The number of nitrogens with two attached hydrogens (primary N) is 1. The number of amides is 1. The van der Waals surface area contributed by atoms with Gasteiger partial charge < -0.3 is 5.73 Å². The molecule has 0 heterocycles. The highest BCUT2D eigenvalue weighted by atomic mass is 16.1. The highest BCUT2D eigenvalue weighted by molar-refractivity contribution is 5.76. The van der Waals surface area contributed by atoms with E-state index in [0.717, 1.165) is 11.1 Å². The van der Waals surface area contributed by atoms with E-state index in [1.807, 2.05) is 25.1 Å². The second-order valence-electron chi connectivity index (χ2n) is 3.26. The van der Waals surface area contributed by atoms with Crippen LogP contribution in [0.3, 0.4) is 0 Å². The van der Waals surface area contributed by atoms with Crippen LogP contribution >= 0.6 is 0 Å². The number of nitrogens with zero attached hydrogens (tertiary/aromatic N) is 1. The van der Waals surface area contributed by atoms with Crippen LogP contribution in [0.15, 0.2) is 24.3 Å². The molecule has 3 heteroatoms. The zero-order valence-corrected chi connectivity index (χ0v) is 8.53. The largest absolute Gasteiger partial charge is 0.369 e. The number of carbonyl (C=O) groups excluding carboxylic acids is 1. The molecule has 76 valence electrons.